The third-order valence-corrected chi connectivity index (χ3v) is 4.22. The molecule has 1 atom stereocenters. The fraction of sp³-hybridized carbons (Fsp3) is 0.471. The molecule has 2 aromatic rings. The van der Waals surface area contributed by atoms with Crippen molar-refractivity contribution in [2.75, 3.05) is 20.3 Å². The number of hydrogen-bond acceptors (Lipinski definition) is 4. The second-order valence-corrected chi connectivity index (χ2v) is 5.67. The number of imidazole rings is 1. The lowest BCUT2D eigenvalue weighted by molar-refractivity contribution is -0.136. The zero-order chi connectivity index (χ0) is 16.2. The number of aromatic nitrogens is 3. The molecule has 0 saturated carbocycles. The van der Waals surface area contributed by atoms with Gasteiger partial charge in [-0.05, 0) is 25.0 Å². The molecular weight excluding hydrogens is 292 g/mol. The lowest BCUT2D eigenvalue weighted by Crippen LogP contribution is -2.33. The molecule has 1 unspecified atom stereocenters. The van der Waals surface area contributed by atoms with E-state index >= 15 is 0 Å². The third-order valence-electron chi connectivity index (χ3n) is 4.22. The van der Waals surface area contributed by atoms with Crippen molar-refractivity contribution < 1.29 is 9.53 Å². The van der Waals surface area contributed by atoms with Crippen LogP contribution in [0.1, 0.15) is 37.3 Å². The molecule has 1 fully saturated rings. The van der Waals surface area contributed by atoms with Crippen LogP contribution in [0.25, 0.3) is 5.82 Å². The number of rotatable bonds is 5. The van der Waals surface area contributed by atoms with Crippen LogP contribution in [0.4, 0.5) is 0 Å². The maximum atomic E-state index is 12.2. The number of pyridine rings is 1. The molecule has 3 heterocycles. The summed E-state index contributed by atoms with van der Waals surface area (Å²) in [5, 5.41) is 0. The molecule has 6 nitrogen and oxygen atoms in total. The van der Waals surface area contributed by atoms with Gasteiger partial charge in [0.15, 0.2) is 0 Å². The Hall–Kier alpha value is -2.21. The van der Waals surface area contributed by atoms with Gasteiger partial charge in [0.1, 0.15) is 18.2 Å². The monoisotopic (exact) mass is 314 g/mol. The summed E-state index contributed by atoms with van der Waals surface area (Å²) in [4.78, 5) is 23.2. The number of nitrogens with zero attached hydrogens (tertiary/aromatic N) is 4. The summed E-state index contributed by atoms with van der Waals surface area (Å²) >= 11 is 0. The van der Waals surface area contributed by atoms with Gasteiger partial charge in [-0.25, -0.2) is 9.97 Å². The van der Waals surface area contributed by atoms with Crippen molar-refractivity contribution in [1.82, 2.24) is 19.4 Å². The summed E-state index contributed by atoms with van der Waals surface area (Å²) in [6.45, 7) is 2.96. The standard InChI is InChI=1S/C17H22N4O2/c1-3-15-18-9-11-21(15)16-8-4-6-13(19-16)14-7-5-10-20(14)17(22)12-23-2/h4,6,8-9,11,14H,3,5,7,10,12H2,1-2H3. The molecule has 1 amide bonds. The van der Waals surface area contributed by atoms with Crippen molar-refractivity contribution in [2.24, 2.45) is 0 Å². The number of methoxy groups -OCH3 is 1. The molecule has 6 heteroatoms. The number of carbonyl (C=O) groups excluding carboxylic acids is 1. The molecule has 1 aliphatic heterocycles. The number of hydrogen-bond donors (Lipinski definition) is 0. The Morgan fingerprint density at radius 2 is 2.30 bits per heavy atom. The molecular formula is C17H22N4O2. The zero-order valence-electron chi connectivity index (χ0n) is 13.6. The number of carbonyl (C=O) groups is 1. The van der Waals surface area contributed by atoms with E-state index < -0.39 is 0 Å². The molecule has 1 aliphatic rings. The predicted octanol–water partition coefficient (Wildman–Crippen LogP) is 2.14. The molecule has 0 radical (unpaired) electrons. The minimum atomic E-state index is 0.0269. The van der Waals surface area contributed by atoms with Crippen molar-refractivity contribution in [3.63, 3.8) is 0 Å². The molecule has 0 N–H and O–H groups in total. The number of amides is 1. The van der Waals surface area contributed by atoms with Crippen LogP contribution in [0.3, 0.4) is 0 Å². The highest BCUT2D eigenvalue weighted by Gasteiger charge is 2.30. The zero-order valence-corrected chi connectivity index (χ0v) is 13.6. The van der Waals surface area contributed by atoms with Crippen molar-refractivity contribution in [2.45, 2.75) is 32.2 Å². The highest BCUT2D eigenvalue weighted by atomic mass is 16.5. The van der Waals surface area contributed by atoms with E-state index in [1.807, 2.05) is 33.9 Å². The van der Waals surface area contributed by atoms with Crippen molar-refractivity contribution >= 4 is 5.91 Å². The highest BCUT2D eigenvalue weighted by Crippen LogP contribution is 2.31. The fourth-order valence-corrected chi connectivity index (χ4v) is 3.14. The normalized spacial score (nSPS) is 17.7. The molecule has 23 heavy (non-hydrogen) atoms. The molecule has 0 spiro atoms. The van der Waals surface area contributed by atoms with Gasteiger partial charge < -0.3 is 9.64 Å². The van der Waals surface area contributed by atoms with Gasteiger partial charge in [0.05, 0.1) is 11.7 Å². The summed E-state index contributed by atoms with van der Waals surface area (Å²) in [5.41, 5.74) is 0.931. The lowest BCUT2D eigenvalue weighted by Gasteiger charge is -2.24. The van der Waals surface area contributed by atoms with E-state index in [9.17, 15) is 4.79 Å². The number of ether oxygens (including phenoxy) is 1. The second kappa shape index (κ2) is 6.91. The van der Waals surface area contributed by atoms with Crippen molar-refractivity contribution in [3.8, 4) is 5.82 Å². The Balaban J connectivity index is 1.89. The average Bonchev–Trinajstić information content (AvgIpc) is 3.24. The van der Waals surface area contributed by atoms with Crippen molar-refractivity contribution in [3.05, 3.63) is 42.1 Å². The van der Waals surface area contributed by atoms with Crippen LogP contribution in [0.5, 0.6) is 0 Å². The maximum Gasteiger partial charge on any atom is 0.249 e. The van der Waals surface area contributed by atoms with Crippen LogP contribution in [-0.2, 0) is 16.0 Å². The summed E-state index contributed by atoms with van der Waals surface area (Å²) in [6.07, 6.45) is 6.50. The van der Waals surface area contributed by atoms with E-state index in [-0.39, 0.29) is 18.6 Å². The SMILES string of the molecule is CCc1nccn1-c1cccc(C2CCCN2C(=O)COC)n1. The average molecular weight is 314 g/mol. The second-order valence-electron chi connectivity index (χ2n) is 5.67. The van der Waals surface area contributed by atoms with Crippen LogP contribution in [0.2, 0.25) is 0 Å². The first kappa shape index (κ1) is 15.7. The van der Waals surface area contributed by atoms with Gasteiger partial charge in [0.2, 0.25) is 5.91 Å². The van der Waals surface area contributed by atoms with Gasteiger partial charge in [-0.15, -0.1) is 0 Å². The summed E-state index contributed by atoms with van der Waals surface area (Å²) in [6, 6.07) is 6.00. The minimum absolute atomic E-state index is 0.0269. The number of likely N-dealkylation sites (tertiary alicyclic amines) is 1. The van der Waals surface area contributed by atoms with Crippen LogP contribution < -0.4 is 0 Å². The van der Waals surface area contributed by atoms with E-state index in [4.69, 9.17) is 9.72 Å². The van der Waals surface area contributed by atoms with E-state index in [1.165, 1.54) is 0 Å². The molecule has 3 rings (SSSR count). The predicted molar refractivity (Wildman–Crippen MR) is 86.3 cm³/mol. The summed E-state index contributed by atoms with van der Waals surface area (Å²) < 4.78 is 6.99. The lowest BCUT2D eigenvalue weighted by atomic mass is 10.1. The van der Waals surface area contributed by atoms with E-state index in [0.717, 1.165) is 43.1 Å². The Bertz CT molecular complexity index is 683. The highest BCUT2D eigenvalue weighted by molar-refractivity contribution is 5.78. The van der Waals surface area contributed by atoms with Gasteiger partial charge in [-0.2, -0.15) is 0 Å². The molecule has 0 aromatic carbocycles. The Morgan fingerprint density at radius 3 is 3.09 bits per heavy atom. The smallest absolute Gasteiger partial charge is 0.249 e. The first-order valence-electron chi connectivity index (χ1n) is 8.02. The van der Waals surface area contributed by atoms with Gasteiger partial charge in [0.25, 0.3) is 0 Å². The summed E-state index contributed by atoms with van der Waals surface area (Å²) in [5.74, 6) is 1.86. The molecule has 2 aromatic heterocycles. The van der Waals surface area contributed by atoms with Crippen LogP contribution in [0, 0.1) is 0 Å². The fourth-order valence-electron chi connectivity index (χ4n) is 3.14. The quantitative estimate of drug-likeness (QED) is 0.848. The van der Waals surface area contributed by atoms with Crippen LogP contribution in [0.15, 0.2) is 30.6 Å². The topological polar surface area (TPSA) is 60.2 Å². The van der Waals surface area contributed by atoms with Crippen molar-refractivity contribution in [1.29, 1.82) is 0 Å². The first-order chi connectivity index (χ1) is 11.2. The third kappa shape index (κ3) is 3.12. The molecule has 1 saturated heterocycles. The molecule has 122 valence electrons. The number of aryl methyl sites for hydroxylation is 1. The van der Waals surface area contributed by atoms with E-state index in [0.29, 0.717) is 0 Å². The van der Waals surface area contributed by atoms with Gasteiger partial charge >= 0.3 is 0 Å². The summed E-state index contributed by atoms with van der Waals surface area (Å²) in [7, 11) is 1.55. The Kier molecular flexibility index (Phi) is 4.71. The minimum Gasteiger partial charge on any atom is -0.375 e. The Labute approximate surface area is 136 Å². The van der Waals surface area contributed by atoms with E-state index in [1.54, 1.807) is 13.3 Å². The maximum absolute atomic E-state index is 12.2. The largest absolute Gasteiger partial charge is 0.375 e. The Morgan fingerprint density at radius 1 is 1.43 bits per heavy atom. The van der Waals surface area contributed by atoms with Gasteiger partial charge in [-0.1, -0.05) is 13.0 Å². The van der Waals surface area contributed by atoms with Gasteiger partial charge in [0, 0.05) is 32.5 Å². The van der Waals surface area contributed by atoms with Crippen LogP contribution in [-0.4, -0.2) is 45.6 Å². The van der Waals surface area contributed by atoms with Gasteiger partial charge in [-0.3, -0.25) is 9.36 Å². The molecule has 0 bridgehead atoms. The first-order valence-corrected chi connectivity index (χ1v) is 8.02. The van der Waals surface area contributed by atoms with Crippen LogP contribution >= 0.6 is 0 Å². The van der Waals surface area contributed by atoms with E-state index in [2.05, 4.69) is 11.9 Å². The molecule has 0 aliphatic carbocycles.